The third-order valence-corrected chi connectivity index (χ3v) is 4.69. The summed E-state index contributed by atoms with van der Waals surface area (Å²) in [5.41, 5.74) is -0.547. The van der Waals surface area contributed by atoms with Gasteiger partial charge in [0.2, 0.25) is 0 Å². The molecule has 7 heteroatoms. The standard InChI is InChI=1S/C21H22O7/c1-6-11(2)20(24)27-19-18(25-12(3)22)16-14(28-21(19,4)5)9-7-13-8-10-15(23)26-17(13)16/h6-10,18-19H,1-5H3/t18-,19+/m1/s1. The molecule has 2 heterocycles. The Balaban J connectivity index is 2.22. The fraction of sp³-hybridized carbons (Fsp3) is 0.381. The molecule has 28 heavy (non-hydrogen) atoms. The second-order valence-electron chi connectivity index (χ2n) is 7.18. The summed E-state index contributed by atoms with van der Waals surface area (Å²) in [5, 5.41) is 0.633. The molecule has 0 spiro atoms. The first-order chi connectivity index (χ1) is 13.1. The Morgan fingerprint density at radius 3 is 2.43 bits per heavy atom. The molecule has 148 valence electrons. The molecule has 0 bridgehead atoms. The second-order valence-corrected chi connectivity index (χ2v) is 7.18. The van der Waals surface area contributed by atoms with Crippen molar-refractivity contribution in [3.63, 3.8) is 0 Å². The molecule has 0 aliphatic carbocycles. The van der Waals surface area contributed by atoms with Crippen LogP contribution in [0.4, 0.5) is 0 Å². The number of carbonyl (C=O) groups excluding carboxylic acids is 2. The van der Waals surface area contributed by atoms with Gasteiger partial charge < -0.3 is 18.6 Å². The van der Waals surface area contributed by atoms with Crippen LogP contribution in [0.25, 0.3) is 11.0 Å². The van der Waals surface area contributed by atoms with Crippen LogP contribution in [0, 0.1) is 0 Å². The minimum Gasteiger partial charge on any atom is -0.483 e. The van der Waals surface area contributed by atoms with E-state index in [4.69, 9.17) is 18.6 Å². The predicted molar refractivity (Wildman–Crippen MR) is 101 cm³/mol. The Kier molecular flexibility index (Phi) is 5.02. The number of esters is 2. The van der Waals surface area contributed by atoms with E-state index in [1.54, 1.807) is 52.0 Å². The Morgan fingerprint density at radius 1 is 1.11 bits per heavy atom. The molecule has 7 nitrogen and oxygen atoms in total. The summed E-state index contributed by atoms with van der Waals surface area (Å²) >= 11 is 0. The van der Waals surface area contributed by atoms with E-state index in [-0.39, 0.29) is 5.58 Å². The van der Waals surface area contributed by atoms with Crippen LogP contribution in [-0.4, -0.2) is 23.6 Å². The third kappa shape index (κ3) is 3.52. The largest absolute Gasteiger partial charge is 0.483 e. The van der Waals surface area contributed by atoms with Gasteiger partial charge in [-0.1, -0.05) is 6.08 Å². The Labute approximate surface area is 161 Å². The van der Waals surface area contributed by atoms with E-state index >= 15 is 0 Å². The molecule has 1 aromatic carbocycles. The smallest absolute Gasteiger partial charge is 0.336 e. The highest BCUT2D eigenvalue weighted by atomic mass is 16.6. The predicted octanol–water partition coefficient (Wildman–Crippen LogP) is 3.45. The van der Waals surface area contributed by atoms with Crippen molar-refractivity contribution < 1.29 is 28.2 Å². The highest BCUT2D eigenvalue weighted by Gasteiger charge is 2.50. The maximum absolute atomic E-state index is 12.4. The van der Waals surface area contributed by atoms with Crippen molar-refractivity contribution in [2.24, 2.45) is 0 Å². The van der Waals surface area contributed by atoms with Crippen molar-refractivity contribution in [3.05, 3.63) is 51.9 Å². The van der Waals surface area contributed by atoms with Crippen LogP contribution in [0.1, 0.15) is 46.3 Å². The van der Waals surface area contributed by atoms with E-state index in [1.165, 1.54) is 13.0 Å². The topological polar surface area (TPSA) is 92.0 Å². The van der Waals surface area contributed by atoms with Crippen molar-refractivity contribution in [2.75, 3.05) is 0 Å². The summed E-state index contributed by atoms with van der Waals surface area (Å²) in [6, 6.07) is 6.37. The van der Waals surface area contributed by atoms with E-state index in [0.29, 0.717) is 22.3 Å². The molecule has 0 saturated heterocycles. The van der Waals surface area contributed by atoms with Gasteiger partial charge in [0.1, 0.15) is 16.9 Å². The van der Waals surface area contributed by atoms with Crippen molar-refractivity contribution in [1.82, 2.24) is 0 Å². The first-order valence-electron chi connectivity index (χ1n) is 8.91. The molecular weight excluding hydrogens is 364 g/mol. The van der Waals surface area contributed by atoms with Crippen molar-refractivity contribution >= 4 is 22.9 Å². The third-order valence-electron chi connectivity index (χ3n) is 4.69. The summed E-state index contributed by atoms with van der Waals surface area (Å²) in [6.07, 6.45) is -0.330. The zero-order chi connectivity index (χ0) is 20.6. The van der Waals surface area contributed by atoms with Crippen LogP contribution in [0.15, 0.2) is 45.1 Å². The number of benzene rings is 1. The zero-order valence-corrected chi connectivity index (χ0v) is 16.4. The minimum atomic E-state index is -1.00. The molecular formula is C21H22O7. The molecule has 2 aromatic rings. The molecule has 0 unspecified atom stereocenters. The average molecular weight is 386 g/mol. The number of ether oxygens (including phenoxy) is 3. The maximum Gasteiger partial charge on any atom is 0.336 e. The molecule has 2 atom stereocenters. The van der Waals surface area contributed by atoms with Gasteiger partial charge in [0.05, 0.1) is 5.56 Å². The molecule has 0 saturated carbocycles. The van der Waals surface area contributed by atoms with E-state index < -0.39 is 35.4 Å². The molecule has 3 rings (SSSR count). The van der Waals surface area contributed by atoms with Gasteiger partial charge in [-0.15, -0.1) is 0 Å². The fourth-order valence-electron chi connectivity index (χ4n) is 3.18. The monoisotopic (exact) mass is 386 g/mol. The molecule has 0 N–H and O–H groups in total. The van der Waals surface area contributed by atoms with Gasteiger partial charge in [-0.25, -0.2) is 9.59 Å². The zero-order valence-electron chi connectivity index (χ0n) is 16.4. The molecule has 0 amide bonds. The van der Waals surface area contributed by atoms with E-state index in [0.717, 1.165) is 0 Å². The molecule has 0 radical (unpaired) electrons. The van der Waals surface area contributed by atoms with Crippen molar-refractivity contribution in [2.45, 2.75) is 52.4 Å². The number of hydrogen-bond acceptors (Lipinski definition) is 7. The molecule has 1 aromatic heterocycles. The van der Waals surface area contributed by atoms with Gasteiger partial charge in [-0.05, 0) is 45.9 Å². The first kappa shape index (κ1) is 19.7. The van der Waals surface area contributed by atoms with E-state index in [2.05, 4.69) is 0 Å². The van der Waals surface area contributed by atoms with Crippen molar-refractivity contribution in [1.29, 1.82) is 0 Å². The highest BCUT2D eigenvalue weighted by molar-refractivity contribution is 5.88. The Bertz CT molecular complexity index is 1030. The lowest BCUT2D eigenvalue weighted by Gasteiger charge is -2.43. The van der Waals surface area contributed by atoms with Crippen LogP contribution in [0.3, 0.4) is 0 Å². The van der Waals surface area contributed by atoms with Gasteiger partial charge in [0.15, 0.2) is 12.2 Å². The number of rotatable bonds is 3. The van der Waals surface area contributed by atoms with Crippen LogP contribution in [0.2, 0.25) is 0 Å². The van der Waals surface area contributed by atoms with Gasteiger partial charge in [0.25, 0.3) is 0 Å². The summed E-state index contributed by atoms with van der Waals surface area (Å²) in [5.74, 6) is -0.715. The lowest BCUT2D eigenvalue weighted by Crippen LogP contribution is -2.52. The number of carbonyl (C=O) groups is 2. The number of allylic oxidation sites excluding steroid dienone is 1. The SMILES string of the molecule is CC=C(C)C(=O)O[C@H]1[C@H](OC(C)=O)c2c(ccc3ccc(=O)oc23)OC1(C)C. The molecule has 1 aliphatic rings. The van der Waals surface area contributed by atoms with E-state index in [9.17, 15) is 14.4 Å². The average Bonchev–Trinajstić information content (AvgIpc) is 2.62. The van der Waals surface area contributed by atoms with Crippen LogP contribution in [-0.2, 0) is 19.1 Å². The summed E-state index contributed by atoms with van der Waals surface area (Å²) in [4.78, 5) is 36.1. The Hall–Kier alpha value is -3.09. The van der Waals surface area contributed by atoms with Crippen molar-refractivity contribution in [3.8, 4) is 5.75 Å². The van der Waals surface area contributed by atoms with E-state index in [1.807, 2.05) is 0 Å². The first-order valence-corrected chi connectivity index (χ1v) is 8.91. The molecule has 1 aliphatic heterocycles. The number of hydrogen-bond donors (Lipinski definition) is 0. The summed E-state index contributed by atoms with van der Waals surface area (Å²) in [6.45, 7) is 8.09. The van der Waals surface area contributed by atoms with Gasteiger partial charge in [-0.3, -0.25) is 4.79 Å². The van der Waals surface area contributed by atoms with Gasteiger partial charge in [0, 0.05) is 23.9 Å². The van der Waals surface area contributed by atoms with Gasteiger partial charge >= 0.3 is 17.6 Å². The Morgan fingerprint density at radius 2 is 1.79 bits per heavy atom. The van der Waals surface area contributed by atoms with Crippen LogP contribution in [0.5, 0.6) is 5.75 Å². The van der Waals surface area contributed by atoms with Crippen LogP contribution < -0.4 is 10.4 Å². The normalized spacial score (nSPS) is 20.8. The van der Waals surface area contributed by atoms with Gasteiger partial charge in [-0.2, -0.15) is 0 Å². The lowest BCUT2D eigenvalue weighted by molar-refractivity contribution is -0.186. The lowest BCUT2D eigenvalue weighted by atomic mass is 9.87. The van der Waals surface area contributed by atoms with Crippen LogP contribution >= 0.6 is 0 Å². The maximum atomic E-state index is 12.4. The minimum absolute atomic E-state index is 0.232. The number of fused-ring (bicyclic) bond motifs is 3. The highest BCUT2D eigenvalue weighted by Crippen LogP contribution is 2.46. The fourth-order valence-corrected chi connectivity index (χ4v) is 3.18. The summed E-state index contributed by atoms with van der Waals surface area (Å²) < 4.78 is 22.7. The quantitative estimate of drug-likeness (QED) is 0.453. The summed E-state index contributed by atoms with van der Waals surface area (Å²) in [7, 11) is 0. The second kappa shape index (κ2) is 7.14. The molecule has 0 fully saturated rings.